The summed E-state index contributed by atoms with van der Waals surface area (Å²) in [5.74, 6) is 0.386. The smallest absolute Gasteiger partial charge is 0.324 e. The zero-order chi connectivity index (χ0) is 10.6. The average Bonchev–Trinajstić information content (AvgIpc) is 2.50. The summed E-state index contributed by atoms with van der Waals surface area (Å²) < 4.78 is 39.4. The maximum absolute atomic E-state index is 11.5. The largest absolute Gasteiger partial charge is 0.522 e. The molecule has 0 radical (unpaired) electrons. The highest BCUT2D eigenvalue weighted by molar-refractivity contribution is 4.78. The van der Waals surface area contributed by atoms with Gasteiger partial charge in [-0.15, -0.1) is 13.2 Å². The van der Waals surface area contributed by atoms with Gasteiger partial charge in [0.05, 0.1) is 19.7 Å². The lowest BCUT2D eigenvalue weighted by molar-refractivity contribution is -0.325. The van der Waals surface area contributed by atoms with Crippen LogP contribution in [0.1, 0.15) is 5.82 Å². The van der Waals surface area contributed by atoms with E-state index in [4.69, 9.17) is 5.73 Å². The van der Waals surface area contributed by atoms with Gasteiger partial charge in [-0.25, -0.2) is 4.98 Å². The SMILES string of the molecule is NCc1ncn(CCOC(F)(F)F)n1. The van der Waals surface area contributed by atoms with E-state index in [0.717, 1.165) is 0 Å². The summed E-state index contributed by atoms with van der Waals surface area (Å²) in [7, 11) is 0. The molecule has 1 rings (SSSR count). The maximum atomic E-state index is 11.5. The van der Waals surface area contributed by atoms with Gasteiger partial charge in [0.2, 0.25) is 0 Å². The van der Waals surface area contributed by atoms with Crippen molar-refractivity contribution in [2.45, 2.75) is 19.5 Å². The van der Waals surface area contributed by atoms with Crippen LogP contribution in [0.25, 0.3) is 0 Å². The van der Waals surface area contributed by atoms with Crippen molar-refractivity contribution in [1.82, 2.24) is 14.8 Å². The van der Waals surface area contributed by atoms with Gasteiger partial charge in [0.15, 0.2) is 5.82 Å². The molecule has 0 aromatic carbocycles. The molecule has 0 atom stereocenters. The van der Waals surface area contributed by atoms with Crippen LogP contribution in [0.4, 0.5) is 13.2 Å². The van der Waals surface area contributed by atoms with E-state index in [-0.39, 0.29) is 13.1 Å². The Balaban J connectivity index is 2.31. The molecule has 0 spiro atoms. The van der Waals surface area contributed by atoms with E-state index in [1.165, 1.54) is 11.0 Å². The molecule has 0 aliphatic heterocycles. The molecule has 0 amide bonds. The minimum absolute atomic E-state index is 0.00743. The summed E-state index contributed by atoms with van der Waals surface area (Å²) in [6.45, 7) is -0.337. The predicted molar refractivity (Wildman–Crippen MR) is 39.9 cm³/mol. The van der Waals surface area contributed by atoms with Crippen LogP contribution in [0.5, 0.6) is 0 Å². The van der Waals surface area contributed by atoms with Crippen LogP contribution in [0.3, 0.4) is 0 Å². The molecule has 0 saturated heterocycles. The lowest BCUT2D eigenvalue weighted by Gasteiger charge is -2.06. The second-order valence-electron chi connectivity index (χ2n) is 2.42. The molecule has 14 heavy (non-hydrogen) atoms. The number of ether oxygens (including phenoxy) is 1. The van der Waals surface area contributed by atoms with Gasteiger partial charge < -0.3 is 5.73 Å². The highest BCUT2D eigenvalue weighted by Crippen LogP contribution is 2.15. The number of nitrogens with zero attached hydrogens (tertiary/aromatic N) is 3. The first kappa shape index (κ1) is 10.9. The number of halogens is 3. The molecule has 0 bridgehead atoms. The zero-order valence-corrected chi connectivity index (χ0v) is 7.16. The number of hydrogen-bond acceptors (Lipinski definition) is 4. The number of alkyl halides is 3. The van der Waals surface area contributed by atoms with Crippen molar-refractivity contribution in [2.24, 2.45) is 5.73 Å². The topological polar surface area (TPSA) is 66.0 Å². The van der Waals surface area contributed by atoms with Crippen LogP contribution in [0, 0.1) is 0 Å². The van der Waals surface area contributed by atoms with Crippen LogP contribution in [0.2, 0.25) is 0 Å². The Morgan fingerprint density at radius 1 is 1.50 bits per heavy atom. The third-order valence-corrected chi connectivity index (χ3v) is 1.35. The van der Waals surface area contributed by atoms with Crippen molar-refractivity contribution >= 4 is 0 Å². The van der Waals surface area contributed by atoms with Crippen molar-refractivity contribution in [1.29, 1.82) is 0 Å². The molecular formula is C6H9F3N4O. The Hall–Kier alpha value is -1.15. The van der Waals surface area contributed by atoms with Crippen molar-refractivity contribution < 1.29 is 17.9 Å². The van der Waals surface area contributed by atoms with Gasteiger partial charge in [0, 0.05) is 0 Å². The van der Waals surface area contributed by atoms with Crippen molar-refractivity contribution in [3.05, 3.63) is 12.2 Å². The molecule has 5 nitrogen and oxygen atoms in total. The first-order valence-electron chi connectivity index (χ1n) is 3.80. The molecule has 0 unspecified atom stereocenters. The Morgan fingerprint density at radius 3 is 2.71 bits per heavy atom. The number of nitrogens with two attached hydrogens (primary N) is 1. The molecule has 1 heterocycles. The van der Waals surface area contributed by atoms with Gasteiger partial charge in [-0.2, -0.15) is 5.10 Å². The Kier molecular flexibility index (Phi) is 3.42. The molecule has 0 aliphatic rings. The van der Waals surface area contributed by atoms with Crippen LogP contribution < -0.4 is 5.73 Å². The summed E-state index contributed by atoms with van der Waals surface area (Å²) in [4.78, 5) is 3.74. The summed E-state index contributed by atoms with van der Waals surface area (Å²) >= 11 is 0. The van der Waals surface area contributed by atoms with Gasteiger partial charge in [0.1, 0.15) is 6.33 Å². The minimum Gasteiger partial charge on any atom is -0.324 e. The van der Waals surface area contributed by atoms with E-state index in [9.17, 15) is 13.2 Å². The standard InChI is InChI=1S/C6H9F3N4O/c7-6(8,9)14-2-1-13-4-11-5(3-10)12-13/h4H,1-3,10H2. The first-order valence-corrected chi connectivity index (χ1v) is 3.80. The highest BCUT2D eigenvalue weighted by atomic mass is 19.4. The van der Waals surface area contributed by atoms with Crippen molar-refractivity contribution in [2.75, 3.05) is 6.61 Å². The second-order valence-corrected chi connectivity index (χ2v) is 2.42. The van der Waals surface area contributed by atoms with E-state index in [2.05, 4.69) is 14.8 Å². The number of rotatable bonds is 4. The minimum atomic E-state index is -4.60. The first-order chi connectivity index (χ1) is 6.51. The van der Waals surface area contributed by atoms with E-state index in [1.54, 1.807) is 0 Å². The third kappa shape index (κ3) is 3.71. The Labute approximate surface area is 77.7 Å². The molecule has 2 N–H and O–H groups in total. The van der Waals surface area contributed by atoms with Gasteiger partial charge in [-0.05, 0) is 0 Å². The number of hydrogen-bond donors (Lipinski definition) is 1. The molecular weight excluding hydrogens is 201 g/mol. The average molecular weight is 210 g/mol. The summed E-state index contributed by atoms with van der Waals surface area (Å²) in [5, 5.41) is 3.78. The van der Waals surface area contributed by atoms with Crippen molar-refractivity contribution in [3.63, 3.8) is 0 Å². The summed E-state index contributed by atoms with van der Waals surface area (Å²) in [6, 6.07) is 0. The van der Waals surface area contributed by atoms with Crippen LogP contribution in [-0.2, 0) is 17.8 Å². The molecule has 0 fully saturated rings. The monoisotopic (exact) mass is 210 g/mol. The lowest BCUT2D eigenvalue weighted by Crippen LogP contribution is -2.17. The van der Waals surface area contributed by atoms with E-state index < -0.39 is 13.0 Å². The normalized spacial score (nSPS) is 12.0. The third-order valence-electron chi connectivity index (χ3n) is 1.35. The Bertz CT molecular complexity index is 285. The molecule has 0 saturated carbocycles. The van der Waals surface area contributed by atoms with E-state index >= 15 is 0 Å². The molecule has 80 valence electrons. The van der Waals surface area contributed by atoms with Gasteiger partial charge in [-0.3, -0.25) is 9.42 Å². The molecule has 1 aromatic heterocycles. The highest BCUT2D eigenvalue weighted by Gasteiger charge is 2.28. The maximum Gasteiger partial charge on any atom is 0.522 e. The van der Waals surface area contributed by atoms with Gasteiger partial charge in [0.25, 0.3) is 0 Å². The van der Waals surface area contributed by atoms with Crippen LogP contribution in [0.15, 0.2) is 6.33 Å². The van der Waals surface area contributed by atoms with E-state index in [0.29, 0.717) is 5.82 Å². The van der Waals surface area contributed by atoms with E-state index in [1.807, 2.05) is 0 Å². The second kappa shape index (κ2) is 4.38. The molecule has 0 aliphatic carbocycles. The fourth-order valence-corrected chi connectivity index (χ4v) is 0.789. The lowest BCUT2D eigenvalue weighted by atomic mass is 10.6. The molecule has 1 aromatic rings. The van der Waals surface area contributed by atoms with Gasteiger partial charge >= 0.3 is 6.36 Å². The van der Waals surface area contributed by atoms with Crippen LogP contribution in [-0.4, -0.2) is 27.7 Å². The van der Waals surface area contributed by atoms with Gasteiger partial charge in [-0.1, -0.05) is 0 Å². The fourth-order valence-electron chi connectivity index (χ4n) is 0.789. The molecule has 8 heteroatoms. The fraction of sp³-hybridized carbons (Fsp3) is 0.667. The quantitative estimate of drug-likeness (QED) is 0.774. The Morgan fingerprint density at radius 2 is 2.21 bits per heavy atom. The zero-order valence-electron chi connectivity index (χ0n) is 7.16. The summed E-state index contributed by atoms with van der Waals surface area (Å²) in [6.07, 6.45) is -3.29. The number of aromatic nitrogens is 3. The summed E-state index contributed by atoms with van der Waals surface area (Å²) in [5.41, 5.74) is 5.21. The predicted octanol–water partition coefficient (Wildman–Crippen LogP) is 0.273. The van der Waals surface area contributed by atoms with Crippen molar-refractivity contribution in [3.8, 4) is 0 Å². The van der Waals surface area contributed by atoms with Crippen LogP contribution >= 0.6 is 0 Å².